The van der Waals surface area contributed by atoms with Gasteiger partial charge in [-0.1, -0.05) is 6.07 Å². The van der Waals surface area contributed by atoms with Crippen LogP contribution in [0.3, 0.4) is 0 Å². The normalized spacial score (nSPS) is 20.2. The first-order valence-corrected chi connectivity index (χ1v) is 6.22. The molecule has 0 aromatic carbocycles. The summed E-state index contributed by atoms with van der Waals surface area (Å²) in [6, 6.07) is 3.85. The van der Waals surface area contributed by atoms with Crippen LogP contribution in [0.1, 0.15) is 31.4 Å². The summed E-state index contributed by atoms with van der Waals surface area (Å²) in [6.07, 6.45) is 4.16. The van der Waals surface area contributed by atoms with E-state index in [1.165, 1.54) is 0 Å². The van der Waals surface area contributed by atoms with Gasteiger partial charge in [0.25, 0.3) is 0 Å². The molecule has 0 aliphatic carbocycles. The first-order valence-electron chi connectivity index (χ1n) is 6.22. The van der Waals surface area contributed by atoms with Crippen molar-refractivity contribution in [2.24, 2.45) is 5.73 Å². The lowest BCUT2D eigenvalue weighted by molar-refractivity contribution is 0.108. The van der Waals surface area contributed by atoms with Gasteiger partial charge in [0.05, 0.1) is 0 Å². The molecule has 0 radical (unpaired) electrons. The smallest absolute Gasteiger partial charge is 0.218 e. The number of likely N-dealkylation sites (tertiary alicyclic amines) is 1. The SMILES string of the molecule is C[C@H](N)c1cccnc1OC1CCN(C)CC1. The molecule has 4 nitrogen and oxygen atoms in total. The highest BCUT2D eigenvalue weighted by molar-refractivity contribution is 5.28. The summed E-state index contributed by atoms with van der Waals surface area (Å²) in [4.78, 5) is 6.62. The van der Waals surface area contributed by atoms with E-state index in [-0.39, 0.29) is 12.1 Å². The van der Waals surface area contributed by atoms with Gasteiger partial charge >= 0.3 is 0 Å². The molecule has 1 atom stereocenters. The molecule has 0 unspecified atom stereocenters. The Morgan fingerprint density at radius 2 is 2.18 bits per heavy atom. The van der Waals surface area contributed by atoms with Crippen LogP contribution in [0.25, 0.3) is 0 Å². The van der Waals surface area contributed by atoms with Crippen molar-refractivity contribution in [3.8, 4) is 5.88 Å². The topological polar surface area (TPSA) is 51.4 Å². The summed E-state index contributed by atoms with van der Waals surface area (Å²) >= 11 is 0. The molecule has 1 aliphatic rings. The summed E-state index contributed by atoms with van der Waals surface area (Å²) in [6.45, 7) is 4.13. The third-order valence-electron chi connectivity index (χ3n) is 3.24. The highest BCUT2D eigenvalue weighted by atomic mass is 16.5. The summed E-state index contributed by atoms with van der Waals surface area (Å²) < 4.78 is 5.98. The summed E-state index contributed by atoms with van der Waals surface area (Å²) in [5, 5.41) is 0. The van der Waals surface area contributed by atoms with Crippen LogP contribution in [-0.4, -0.2) is 36.1 Å². The number of nitrogens with zero attached hydrogens (tertiary/aromatic N) is 2. The highest BCUT2D eigenvalue weighted by Crippen LogP contribution is 2.23. The molecule has 2 rings (SSSR count). The van der Waals surface area contributed by atoms with Gasteiger partial charge in [-0.25, -0.2) is 4.98 Å². The number of piperidine rings is 1. The van der Waals surface area contributed by atoms with Crippen LogP contribution in [0, 0.1) is 0 Å². The quantitative estimate of drug-likeness (QED) is 0.864. The Morgan fingerprint density at radius 1 is 1.47 bits per heavy atom. The average molecular weight is 235 g/mol. The Balaban J connectivity index is 2.03. The number of ether oxygens (including phenoxy) is 1. The second-order valence-electron chi connectivity index (χ2n) is 4.81. The zero-order valence-electron chi connectivity index (χ0n) is 10.6. The second kappa shape index (κ2) is 5.47. The lowest BCUT2D eigenvalue weighted by atomic mass is 10.1. The maximum absolute atomic E-state index is 5.98. The van der Waals surface area contributed by atoms with E-state index < -0.39 is 0 Å². The Hall–Kier alpha value is -1.13. The highest BCUT2D eigenvalue weighted by Gasteiger charge is 2.20. The molecule has 1 fully saturated rings. The van der Waals surface area contributed by atoms with Crippen molar-refractivity contribution in [3.05, 3.63) is 23.9 Å². The maximum atomic E-state index is 5.98. The number of nitrogens with two attached hydrogens (primary N) is 1. The zero-order chi connectivity index (χ0) is 12.3. The van der Waals surface area contributed by atoms with Gasteiger partial charge in [0.2, 0.25) is 5.88 Å². The molecule has 4 heteroatoms. The fourth-order valence-electron chi connectivity index (χ4n) is 2.11. The van der Waals surface area contributed by atoms with Crippen molar-refractivity contribution in [1.82, 2.24) is 9.88 Å². The Morgan fingerprint density at radius 3 is 2.82 bits per heavy atom. The minimum atomic E-state index is -0.0371. The van der Waals surface area contributed by atoms with Crippen LogP contribution >= 0.6 is 0 Å². The third kappa shape index (κ3) is 3.17. The van der Waals surface area contributed by atoms with Gasteiger partial charge in [-0.15, -0.1) is 0 Å². The molecule has 2 N–H and O–H groups in total. The molecule has 94 valence electrons. The number of rotatable bonds is 3. The van der Waals surface area contributed by atoms with Crippen LogP contribution in [0.2, 0.25) is 0 Å². The fourth-order valence-corrected chi connectivity index (χ4v) is 2.11. The first kappa shape index (κ1) is 12.3. The molecule has 1 aromatic rings. The van der Waals surface area contributed by atoms with Crippen LogP contribution < -0.4 is 10.5 Å². The van der Waals surface area contributed by atoms with E-state index in [9.17, 15) is 0 Å². The van der Waals surface area contributed by atoms with Gasteiger partial charge in [0, 0.05) is 30.9 Å². The number of aromatic nitrogens is 1. The van der Waals surface area contributed by atoms with Gasteiger partial charge < -0.3 is 15.4 Å². The van der Waals surface area contributed by atoms with E-state index in [0.717, 1.165) is 31.5 Å². The van der Waals surface area contributed by atoms with Crippen molar-refractivity contribution in [1.29, 1.82) is 0 Å². The average Bonchev–Trinajstić information content (AvgIpc) is 2.32. The summed E-state index contributed by atoms with van der Waals surface area (Å²) in [7, 11) is 2.14. The van der Waals surface area contributed by atoms with Gasteiger partial charge in [-0.3, -0.25) is 0 Å². The molecule has 1 aromatic heterocycles. The van der Waals surface area contributed by atoms with Crippen LogP contribution in [0.5, 0.6) is 5.88 Å². The Kier molecular flexibility index (Phi) is 3.97. The molecule has 2 heterocycles. The largest absolute Gasteiger partial charge is 0.474 e. The number of pyridine rings is 1. The summed E-state index contributed by atoms with van der Waals surface area (Å²) in [5.41, 5.74) is 6.91. The minimum Gasteiger partial charge on any atom is -0.474 e. The van der Waals surface area contributed by atoms with E-state index in [4.69, 9.17) is 10.5 Å². The lowest BCUT2D eigenvalue weighted by Crippen LogP contribution is -2.36. The Bertz CT molecular complexity index is 359. The maximum Gasteiger partial charge on any atom is 0.218 e. The van der Waals surface area contributed by atoms with E-state index >= 15 is 0 Å². The van der Waals surface area contributed by atoms with E-state index in [1.807, 2.05) is 19.1 Å². The van der Waals surface area contributed by atoms with Crippen molar-refractivity contribution in [3.63, 3.8) is 0 Å². The standard InChI is InChI=1S/C13H21N3O/c1-10(14)12-4-3-7-15-13(12)17-11-5-8-16(2)9-6-11/h3-4,7,10-11H,5-6,8-9,14H2,1-2H3/t10-/m0/s1. The zero-order valence-corrected chi connectivity index (χ0v) is 10.6. The van der Waals surface area contributed by atoms with Crippen LogP contribution in [0.15, 0.2) is 18.3 Å². The van der Waals surface area contributed by atoms with Gasteiger partial charge in [-0.2, -0.15) is 0 Å². The van der Waals surface area contributed by atoms with E-state index in [1.54, 1.807) is 6.20 Å². The van der Waals surface area contributed by atoms with Crippen molar-refractivity contribution in [2.75, 3.05) is 20.1 Å². The van der Waals surface area contributed by atoms with Gasteiger partial charge in [0.15, 0.2) is 0 Å². The van der Waals surface area contributed by atoms with Crippen molar-refractivity contribution < 1.29 is 4.74 Å². The monoisotopic (exact) mass is 235 g/mol. The predicted molar refractivity (Wildman–Crippen MR) is 68.0 cm³/mol. The predicted octanol–water partition coefficient (Wildman–Crippen LogP) is 1.57. The van der Waals surface area contributed by atoms with E-state index in [0.29, 0.717) is 5.88 Å². The van der Waals surface area contributed by atoms with Crippen LogP contribution in [0.4, 0.5) is 0 Å². The number of hydrogen-bond acceptors (Lipinski definition) is 4. The fraction of sp³-hybridized carbons (Fsp3) is 0.615. The molecule has 0 amide bonds. The molecule has 1 saturated heterocycles. The minimum absolute atomic E-state index is 0.0371. The third-order valence-corrected chi connectivity index (χ3v) is 3.24. The molecule has 0 spiro atoms. The molecule has 17 heavy (non-hydrogen) atoms. The molecular formula is C13H21N3O. The van der Waals surface area contributed by atoms with Crippen molar-refractivity contribution >= 4 is 0 Å². The number of hydrogen-bond donors (Lipinski definition) is 1. The molecule has 0 bridgehead atoms. The van der Waals surface area contributed by atoms with Gasteiger partial charge in [-0.05, 0) is 32.9 Å². The molecule has 1 aliphatic heterocycles. The van der Waals surface area contributed by atoms with Crippen LogP contribution in [-0.2, 0) is 0 Å². The van der Waals surface area contributed by atoms with Gasteiger partial charge in [0.1, 0.15) is 6.10 Å². The lowest BCUT2D eigenvalue weighted by Gasteiger charge is -2.29. The Labute approximate surface area is 103 Å². The summed E-state index contributed by atoms with van der Waals surface area (Å²) in [5.74, 6) is 0.706. The molecular weight excluding hydrogens is 214 g/mol. The van der Waals surface area contributed by atoms with E-state index in [2.05, 4.69) is 16.9 Å². The van der Waals surface area contributed by atoms with Crippen molar-refractivity contribution in [2.45, 2.75) is 31.9 Å². The molecule has 0 saturated carbocycles. The second-order valence-corrected chi connectivity index (χ2v) is 4.81. The first-order chi connectivity index (χ1) is 8.16.